The second-order valence-corrected chi connectivity index (χ2v) is 5.27. The molecule has 2 rings (SSSR count). The molecule has 14 heavy (non-hydrogen) atoms. The van der Waals surface area contributed by atoms with E-state index in [2.05, 4.69) is 35.2 Å². The highest BCUT2D eigenvalue weighted by Crippen LogP contribution is 2.24. The van der Waals surface area contributed by atoms with Gasteiger partial charge in [-0.3, -0.25) is 0 Å². The lowest BCUT2D eigenvalue weighted by Crippen LogP contribution is -2.12. The fourth-order valence-corrected chi connectivity index (χ4v) is 3.01. The van der Waals surface area contributed by atoms with E-state index >= 15 is 0 Å². The molecular formula is C11H13NS2. The number of aryl methyl sites for hydroxylation is 1. The van der Waals surface area contributed by atoms with E-state index in [1.807, 2.05) is 0 Å². The Labute approximate surface area is 92.2 Å². The van der Waals surface area contributed by atoms with Gasteiger partial charge in [-0.1, -0.05) is 0 Å². The molecule has 0 aliphatic rings. The smallest absolute Gasteiger partial charge is 0.0347 e. The Hall–Kier alpha value is -0.640. The Bertz CT molecular complexity index is 389. The quantitative estimate of drug-likeness (QED) is 0.848. The molecule has 0 amide bonds. The standard InChI is InChI=1S/C11H13NS2/c1-8-10(3-5-14-8)11(12)6-9-2-4-13-7-9/h2-5,7,11H,6,12H2,1H3. The van der Waals surface area contributed by atoms with Gasteiger partial charge in [0, 0.05) is 10.9 Å². The van der Waals surface area contributed by atoms with Crippen LogP contribution in [0.1, 0.15) is 22.0 Å². The summed E-state index contributed by atoms with van der Waals surface area (Å²) in [6, 6.07) is 4.43. The van der Waals surface area contributed by atoms with E-state index in [1.165, 1.54) is 16.0 Å². The third-order valence-electron chi connectivity index (χ3n) is 2.33. The zero-order valence-electron chi connectivity index (χ0n) is 8.07. The molecule has 0 radical (unpaired) electrons. The number of thiophene rings is 2. The molecule has 0 aliphatic carbocycles. The van der Waals surface area contributed by atoms with Crippen molar-refractivity contribution in [2.24, 2.45) is 5.73 Å². The molecule has 2 aromatic rings. The third kappa shape index (κ3) is 2.05. The zero-order valence-corrected chi connectivity index (χ0v) is 9.70. The van der Waals surface area contributed by atoms with Gasteiger partial charge in [-0.15, -0.1) is 11.3 Å². The van der Waals surface area contributed by atoms with Crippen LogP contribution in [0, 0.1) is 6.92 Å². The average Bonchev–Trinajstić information content (AvgIpc) is 2.75. The first-order valence-corrected chi connectivity index (χ1v) is 6.40. The van der Waals surface area contributed by atoms with Gasteiger partial charge < -0.3 is 5.73 Å². The zero-order chi connectivity index (χ0) is 9.97. The molecule has 74 valence electrons. The Morgan fingerprint density at radius 1 is 1.36 bits per heavy atom. The lowest BCUT2D eigenvalue weighted by atomic mass is 10.0. The van der Waals surface area contributed by atoms with Crippen LogP contribution in [-0.2, 0) is 6.42 Å². The fourth-order valence-electron chi connectivity index (χ4n) is 1.55. The highest BCUT2D eigenvalue weighted by Gasteiger charge is 2.10. The Morgan fingerprint density at radius 2 is 2.21 bits per heavy atom. The third-order valence-corrected chi connectivity index (χ3v) is 3.93. The maximum atomic E-state index is 6.14. The van der Waals surface area contributed by atoms with Crippen molar-refractivity contribution >= 4 is 22.7 Å². The molecule has 2 N–H and O–H groups in total. The number of hydrogen-bond acceptors (Lipinski definition) is 3. The summed E-state index contributed by atoms with van der Waals surface area (Å²) in [5, 5.41) is 6.38. The van der Waals surface area contributed by atoms with E-state index in [1.54, 1.807) is 22.7 Å². The molecule has 2 heterocycles. The first kappa shape index (κ1) is 9.90. The van der Waals surface area contributed by atoms with Crippen molar-refractivity contribution in [1.29, 1.82) is 0 Å². The number of nitrogens with two attached hydrogens (primary N) is 1. The van der Waals surface area contributed by atoms with Crippen molar-refractivity contribution in [2.45, 2.75) is 19.4 Å². The predicted octanol–water partition coefficient (Wildman–Crippen LogP) is 3.36. The van der Waals surface area contributed by atoms with E-state index in [0.717, 1.165) is 6.42 Å². The molecule has 0 saturated heterocycles. The van der Waals surface area contributed by atoms with E-state index in [4.69, 9.17) is 5.73 Å². The second kappa shape index (κ2) is 4.26. The van der Waals surface area contributed by atoms with E-state index in [9.17, 15) is 0 Å². The first-order valence-electron chi connectivity index (χ1n) is 4.58. The largest absolute Gasteiger partial charge is 0.324 e. The van der Waals surface area contributed by atoms with Crippen LogP contribution >= 0.6 is 22.7 Å². The van der Waals surface area contributed by atoms with Crippen molar-refractivity contribution in [1.82, 2.24) is 0 Å². The number of rotatable bonds is 3. The van der Waals surface area contributed by atoms with E-state index in [-0.39, 0.29) is 6.04 Å². The molecule has 0 spiro atoms. The lowest BCUT2D eigenvalue weighted by Gasteiger charge is -2.09. The topological polar surface area (TPSA) is 26.0 Å². The van der Waals surface area contributed by atoms with Crippen LogP contribution in [0.3, 0.4) is 0 Å². The molecule has 0 saturated carbocycles. The molecule has 1 unspecified atom stereocenters. The number of hydrogen-bond donors (Lipinski definition) is 1. The molecule has 1 nitrogen and oxygen atoms in total. The highest BCUT2D eigenvalue weighted by molar-refractivity contribution is 7.10. The van der Waals surface area contributed by atoms with E-state index < -0.39 is 0 Å². The van der Waals surface area contributed by atoms with Crippen molar-refractivity contribution in [3.63, 3.8) is 0 Å². The lowest BCUT2D eigenvalue weighted by molar-refractivity contribution is 0.722. The van der Waals surface area contributed by atoms with Crippen LogP contribution in [0.2, 0.25) is 0 Å². The van der Waals surface area contributed by atoms with Gasteiger partial charge in [-0.2, -0.15) is 11.3 Å². The Kier molecular flexibility index (Phi) is 3.01. The molecule has 0 fully saturated rings. The van der Waals surface area contributed by atoms with Gasteiger partial charge >= 0.3 is 0 Å². The Balaban J connectivity index is 2.10. The molecule has 0 aliphatic heterocycles. The minimum Gasteiger partial charge on any atom is -0.324 e. The molecular weight excluding hydrogens is 210 g/mol. The summed E-state index contributed by atoms with van der Waals surface area (Å²) in [5.74, 6) is 0. The highest BCUT2D eigenvalue weighted by atomic mass is 32.1. The van der Waals surface area contributed by atoms with Gasteiger partial charge in [0.15, 0.2) is 0 Å². The normalized spacial score (nSPS) is 13.0. The van der Waals surface area contributed by atoms with Crippen molar-refractivity contribution in [2.75, 3.05) is 0 Å². The first-order chi connectivity index (χ1) is 6.77. The molecule has 0 aromatic carbocycles. The van der Waals surface area contributed by atoms with Gasteiger partial charge in [-0.05, 0) is 52.7 Å². The van der Waals surface area contributed by atoms with Crippen molar-refractivity contribution in [3.8, 4) is 0 Å². The summed E-state index contributed by atoms with van der Waals surface area (Å²) in [5.41, 5.74) is 8.78. The predicted molar refractivity (Wildman–Crippen MR) is 64.0 cm³/mol. The van der Waals surface area contributed by atoms with Crippen LogP contribution < -0.4 is 5.73 Å². The minimum atomic E-state index is 0.149. The molecule has 3 heteroatoms. The van der Waals surface area contributed by atoms with Gasteiger partial charge in [0.05, 0.1) is 0 Å². The monoisotopic (exact) mass is 223 g/mol. The van der Waals surface area contributed by atoms with Crippen molar-refractivity contribution < 1.29 is 0 Å². The Morgan fingerprint density at radius 3 is 2.79 bits per heavy atom. The summed E-state index contributed by atoms with van der Waals surface area (Å²) < 4.78 is 0. The van der Waals surface area contributed by atoms with Gasteiger partial charge in [0.1, 0.15) is 0 Å². The molecule has 2 aromatic heterocycles. The van der Waals surface area contributed by atoms with Gasteiger partial charge in [-0.25, -0.2) is 0 Å². The van der Waals surface area contributed by atoms with Gasteiger partial charge in [0.25, 0.3) is 0 Å². The second-order valence-electron chi connectivity index (χ2n) is 3.37. The summed E-state index contributed by atoms with van der Waals surface area (Å²) in [6.07, 6.45) is 0.946. The van der Waals surface area contributed by atoms with Crippen LogP contribution in [0.5, 0.6) is 0 Å². The van der Waals surface area contributed by atoms with Crippen LogP contribution in [0.15, 0.2) is 28.3 Å². The van der Waals surface area contributed by atoms with Crippen LogP contribution in [0.25, 0.3) is 0 Å². The maximum absolute atomic E-state index is 6.14. The van der Waals surface area contributed by atoms with Crippen LogP contribution in [-0.4, -0.2) is 0 Å². The minimum absolute atomic E-state index is 0.149. The summed E-state index contributed by atoms with van der Waals surface area (Å²) >= 11 is 3.50. The summed E-state index contributed by atoms with van der Waals surface area (Å²) in [7, 11) is 0. The van der Waals surface area contributed by atoms with Crippen molar-refractivity contribution in [3.05, 3.63) is 44.3 Å². The SMILES string of the molecule is Cc1sccc1C(N)Cc1ccsc1. The fraction of sp³-hybridized carbons (Fsp3) is 0.273. The molecule has 0 bridgehead atoms. The summed E-state index contributed by atoms with van der Waals surface area (Å²) in [6.45, 7) is 2.13. The maximum Gasteiger partial charge on any atom is 0.0347 e. The van der Waals surface area contributed by atoms with Crippen LogP contribution in [0.4, 0.5) is 0 Å². The summed E-state index contributed by atoms with van der Waals surface area (Å²) in [4.78, 5) is 1.34. The molecule has 1 atom stereocenters. The average molecular weight is 223 g/mol. The van der Waals surface area contributed by atoms with E-state index in [0.29, 0.717) is 0 Å². The van der Waals surface area contributed by atoms with Gasteiger partial charge in [0.2, 0.25) is 0 Å².